The van der Waals surface area contributed by atoms with E-state index in [-0.39, 0.29) is 18.5 Å². The number of piperidine rings is 1. The summed E-state index contributed by atoms with van der Waals surface area (Å²) in [5.74, 6) is -0.263. The van der Waals surface area contributed by atoms with Gasteiger partial charge in [-0.15, -0.1) is 0 Å². The molecule has 1 aromatic rings. The minimum Gasteiger partial charge on any atom is -0.481 e. The van der Waals surface area contributed by atoms with Crippen molar-refractivity contribution in [2.75, 3.05) is 19.6 Å². The Hall–Kier alpha value is -1.98. The molecule has 2 unspecified atom stereocenters. The first-order valence-corrected chi connectivity index (χ1v) is 6.84. The number of carbonyl (C=O) groups excluding carboxylic acids is 1. The lowest BCUT2D eigenvalue weighted by atomic mass is 9.91. The Morgan fingerprint density at radius 2 is 2.30 bits per heavy atom. The van der Waals surface area contributed by atoms with Crippen molar-refractivity contribution < 1.29 is 19.1 Å². The maximum absolute atomic E-state index is 12.0. The minimum absolute atomic E-state index is 0.200. The zero-order valence-corrected chi connectivity index (χ0v) is 11.5. The average Bonchev–Trinajstić information content (AvgIpc) is 2.91. The largest absolute Gasteiger partial charge is 0.481 e. The molecule has 1 fully saturated rings. The Morgan fingerprint density at radius 1 is 1.50 bits per heavy atom. The third kappa shape index (κ3) is 3.76. The lowest BCUT2D eigenvalue weighted by molar-refractivity contribution is -0.143. The van der Waals surface area contributed by atoms with Gasteiger partial charge in [-0.25, -0.2) is 4.79 Å². The van der Waals surface area contributed by atoms with Crippen LogP contribution in [0.25, 0.3) is 0 Å². The Morgan fingerprint density at radius 3 is 2.95 bits per heavy atom. The molecule has 2 N–H and O–H groups in total. The van der Waals surface area contributed by atoms with E-state index in [0.717, 1.165) is 5.76 Å². The molecule has 0 radical (unpaired) electrons. The van der Waals surface area contributed by atoms with Crippen LogP contribution in [0.15, 0.2) is 22.8 Å². The van der Waals surface area contributed by atoms with E-state index in [1.54, 1.807) is 17.2 Å². The van der Waals surface area contributed by atoms with E-state index >= 15 is 0 Å². The van der Waals surface area contributed by atoms with Gasteiger partial charge in [-0.3, -0.25) is 4.79 Å². The normalized spacial score (nSPS) is 22.6. The number of rotatable bonds is 4. The molecule has 0 bridgehead atoms. The van der Waals surface area contributed by atoms with Crippen molar-refractivity contribution in [3.63, 3.8) is 0 Å². The van der Waals surface area contributed by atoms with Gasteiger partial charge in [0.25, 0.3) is 0 Å². The predicted molar refractivity (Wildman–Crippen MR) is 72.3 cm³/mol. The highest BCUT2D eigenvalue weighted by Gasteiger charge is 2.31. The maximum Gasteiger partial charge on any atom is 0.317 e. The number of likely N-dealkylation sites (tertiary alicyclic amines) is 1. The number of aliphatic carboxylic acids is 1. The monoisotopic (exact) mass is 280 g/mol. The van der Waals surface area contributed by atoms with Crippen LogP contribution in [-0.4, -0.2) is 41.6 Å². The number of nitrogens with zero attached hydrogens (tertiary/aromatic N) is 1. The fraction of sp³-hybridized carbons (Fsp3) is 0.571. The van der Waals surface area contributed by atoms with Gasteiger partial charge in [0.05, 0.1) is 12.2 Å². The van der Waals surface area contributed by atoms with Gasteiger partial charge in [0, 0.05) is 26.1 Å². The van der Waals surface area contributed by atoms with Gasteiger partial charge in [-0.05, 0) is 24.5 Å². The van der Waals surface area contributed by atoms with E-state index < -0.39 is 11.9 Å². The molecule has 2 amide bonds. The first-order valence-electron chi connectivity index (χ1n) is 6.84. The highest BCUT2D eigenvalue weighted by molar-refractivity contribution is 5.76. The molecule has 6 nitrogen and oxygen atoms in total. The molecule has 2 rings (SSSR count). The number of furan rings is 1. The standard InChI is InChI=1S/C14H20N2O4/c1-10-7-11(13(17)18)9-16(8-10)14(19)15-5-4-12-3-2-6-20-12/h2-3,6,10-11H,4-5,7-9H2,1H3,(H,15,19)(H,17,18). The first kappa shape index (κ1) is 14.4. The molecule has 1 aliphatic heterocycles. The van der Waals surface area contributed by atoms with Gasteiger partial charge < -0.3 is 19.7 Å². The van der Waals surface area contributed by atoms with Crippen LogP contribution in [0.2, 0.25) is 0 Å². The number of urea groups is 1. The number of hydrogen-bond acceptors (Lipinski definition) is 3. The van der Waals surface area contributed by atoms with E-state index in [0.29, 0.717) is 25.9 Å². The zero-order valence-electron chi connectivity index (χ0n) is 11.5. The third-order valence-electron chi connectivity index (χ3n) is 3.52. The van der Waals surface area contributed by atoms with Crippen LogP contribution in [0.5, 0.6) is 0 Å². The van der Waals surface area contributed by atoms with E-state index in [4.69, 9.17) is 9.52 Å². The van der Waals surface area contributed by atoms with Crippen LogP contribution in [0.4, 0.5) is 4.79 Å². The van der Waals surface area contributed by atoms with Crippen molar-refractivity contribution >= 4 is 12.0 Å². The second-order valence-corrected chi connectivity index (χ2v) is 5.34. The smallest absolute Gasteiger partial charge is 0.317 e. The predicted octanol–water partition coefficient (Wildman–Crippen LogP) is 1.57. The van der Waals surface area contributed by atoms with Crippen LogP contribution in [0.3, 0.4) is 0 Å². The van der Waals surface area contributed by atoms with Crippen molar-refractivity contribution in [2.24, 2.45) is 11.8 Å². The van der Waals surface area contributed by atoms with Crippen LogP contribution in [0, 0.1) is 11.8 Å². The molecule has 110 valence electrons. The SMILES string of the molecule is CC1CC(C(=O)O)CN(C(=O)NCCc2ccco2)C1. The van der Waals surface area contributed by atoms with Gasteiger partial charge in [-0.2, -0.15) is 0 Å². The lowest BCUT2D eigenvalue weighted by Crippen LogP contribution is -2.49. The van der Waals surface area contributed by atoms with Gasteiger partial charge in [0.1, 0.15) is 5.76 Å². The van der Waals surface area contributed by atoms with Gasteiger partial charge in [-0.1, -0.05) is 6.92 Å². The fourth-order valence-electron chi connectivity index (χ4n) is 2.56. The molecule has 2 heterocycles. The molecule has 6 heteroatoms. The second kappa shape index (κ2) is 6.45. The molecule has 1 aromatic heterocycles. The van der Waals surface area contributed by atoms with Gasteiger partial charge in [0.2, 0.25) is 0 Å². The van der Waals surface area contributed by atoms with E-state index in [1.807, 2.05) is 13.0 Å². The average molecular weight is 280 g/mol. The third-order valence-corrected chi connectivity index (χ3v) is 3.52. The number of carboxylic acid groups (broad SMARTS) is 1. The summed E-state index contributed by atoms with van der Waals surface area (Å²) in [7, 11) is 0. The molecule has 0 aliphatic carbocycles. The minimum atomic E-state index is -0.829. The molecule has 0 saturated carbocycles. The number of carboxylic acids is 1. The first-order chi connectivity index (χ1) is 9.56. The summed E-state index contributed by atoms with van der Waals surface area (Å²) in [6, 6.07) is 3.46. The zero-order chi connectivity index (χ0) is 14.5. The number of hydrogen-bond donors (Lipinski definition) is 2. The summed E-state index contributed by atoms with van der Waals surface area (Å²) < 4.78 is 5.18. The Labute approximate surface area is 117 Å². The van der Waals surface area contributed by atoms with Crippen LogP contribution in [0.1, 0.15) is 19.1 Å². The second-order valence-electron chi connectivity index (χ2n) is 5.34. The van der Waals surface area contributed by atoms with Gasteiger partial charge >= 0.3 is 12.0 Å². The summed E-state index contributed by atoms with van der Waals surface area (Å²) in [6.07, 6.45) is 2.86. The van der Waals surface area contributed by atoms with Crippen molar-refractivity contribution in [1.29, 1.82) is 0 Å². The van der Waals surface area contributed by atoms with Crippen molar-refractivity contribution in [3.05, 3.63) is 24.2 Å². The Kier molecular flexibility index (Phi) is 4.65. The molecular formula is C14H20N2O4. The highest BCUT2D eigenvalue weighted by atomic mass is 16.4. The van der Waals surface area contributed by atoms with Crippen molar-refractivity contribution in [1.82, 2.24) is 10.2 Å². The summed E-state index contributed by atoms with van der Waals surface area (Å²) in [5.41, 5.74) is 0. The van der Waals surface area contributed by atoms with Crippen LogP contribution >= 0.6 is 0 Å². The molecule has 2 atom stereocenters. The summed E-state index contributed by atoms with van der Waals surface area (Å²) in [4.78, 5) is 24.7. The molecule has 0 aromatic carbocycles. The fourth-order valence-corrected chi connectivity index (χ4v) is 2.56. The quantitative estimate of drug-likeness (QED) is 0.877. The molecule has 1 saturated heterocycles. The highest BCUT2D eigenvalue weighted by Crippen LogP contribution is 2.21. The Balaban J connectivity index is 1.80. The van der Waals surface area contributed by atoms with Gasteiger partial charge in [0.15, 0.2) is 0 Å². The van der Waals surface area contributed by atoms with Crippen LogP contribution < -0.4 is 5.32 Å². The number of amides is 2. The molecule has 1 aliphatic rings. The molecule has 20 heavy (non-hydrogen) atoms. The summed E-state index contributed by atoms with van der Waals surface area (Å²) in [6.45, 7) is 3.34. The number of carbonyl (C=O) groups is 2. The topological polar surface area (TPSA) is 82.8 Å². The maximum atomic E-state index is 12.0. The van der Waals surface area contributed by atoms with Crippen molar-refractivity contribution in [2.45, 2.75) is 19.8 Å². The van der Waals surface area contributed by atoms with Crippen LogP contribution in [-0.2, 0) is 11.2 Å². The molecular weight excluding hydrogens is 260 g/mol. The van der Waals surface area contributed by atoms with E-state index in [9.17, 15) is 9.59 Å². The lowest BCUT2D eigenvalue weighted by Gasteiger charge is -2.34. The number of nitrogens with one attached hydrogen (secondary N) is 1. The summed E-state index contributed by atoms with van der Waals surface area (Å²) in [5, 5.41) is 11.9. The summed E-state index contributed by atoms with van der Waals surface area (Å²) >= 11 is 0. The molecule has 0 spiro atoms. The van der Waals surface area contributed by atoms with E-state index in [1.165, 1.54) is 0 Å². The van der Waals surface area contributed by atoms with Crippen molar-refractivity contribution in [3.8, 4) is 0 Å². The Bertz CT molecular complexity index is 458. The van der Waals surface area contributed by atoms with E-state index in [2.05, 4.69) is 5.32 Å².